The number of hydrogen-bond donors (Lipinski definition) is 0. The van der Waals surface area contributed by atoms with Crippen LogP contribution in [-0.2, 0) is 18.7 Å². The molecule has 0 saturated carbocycles. The van der Waals surface area contributed by atoms with Crippen LogP contribution in [0, 0.1) is 6.92 Å². The number of halogens is 1. The molecular formula is C14H14ClNS. The van der Waals surface area contributed by atoms with Crippen LogP contribution < -0.4 is 0 Å². The Hall–Kier alpha value is -0.860. The van der Waals surface area contributed by atoms with Crippen LogP contribution >= 0.6 is 22.9 Å². The van der Waals surface area contributed by atoms with Crippen LogP contribution in [0.3, 0.4) is 0 Å². The molecule has 2 aromatic rings. The third-order valence-electron chi connectivity index (χ3n) is 3.30. The van der Waals surface area contributed by atoms with E-state index in [4.69, 9.17) is 11.6 Å². The SMILES string of the molecule is Cc1nc(-c2ccc3c(c2)CCC3)c(CCl)s1. The zero-order valence-electron chi connectivity index (χ0n) is 9.79. The van der Waals surface area contributed by atoms with Crippen LogP contribution in [-0.4, -0.2) is 4.98 Å². The average Bonchev–Trinajstić information content (AvgIpc) is 2.93. The number of nitrogens with zero attached hydrogens (tertiary/aromatic N) is 1. The molecule has 1 nitrogen and oxygen atoms in total. The molecular weight excluding hydrogens is 250 g/mol. The first-order valence-corrected chi connectivity index (χ1v) is 7.27. The van der Waals surface area contributed by atoms with Crippen LogP contribution in [0.2, 0.25) is 0 Å². The third kappa shape index (κ3) is 2.00. The van der Waals surface area contributed by atoms with Gasteiger partial charge < -0.3 is 0 Å². The Morgan fingerprint density at radius 3 is 2.94 bits per heavy atom. The summed E-state index contributed by atoms with van der Waals surface area (Å²) in [7, 11) is 0. The number of aryl methyl sites for hydroxylation is 3. The lowest BCUT2D eigenvalue weighted by Gasteiger charge is -2.04. The molecule has 0 fully saturated rings. The Kier molecular flexibility index (Phi) is 2.93. The van der Waals surface area contributed by atoms with Gasteiger partial charge in [-0.15, -0.1) is 22.9 Å². The summed E-state index contributed by atoms with van der Waals surface area (Å²) < 4.78 is 0. The Morgan fingerprint density at radius 2 is 2.12 bits per heavy atom. The highest BCUT2D eigenvalue weighted by molar-refractivity contribution is 7.12. The molecule has 0 spiro atoms. The monoisotopic (exact) mass is 263 g/mol. The average molecular weight is 264 g/mol. The lowest BCUT2D eigenvalue weighted by molar-refractivity contribution is 0.912. The Bertz CT molecular complexity index is 559. The minimum absolute atomic E-state index is 0.553. The summed E-state index contributed by atoms with van der Waals surface area (Å²) in [5, 5.41) is 1.09. The van der Waals surface area contributed by atoms with E-state index < -0.39 is 0 Å². The fourth-order valence-electron chi connectivity index (χ4n) is 2.50. The number of aromatic nitrogens is 1. The highest BCUT2D eigenvalue weighted by Crippen LogP contribution is 2.32. The van der Waals surface area contributed by atoms with E-state index in [1.807, 2.05) is 6.92 Å². The summed E-state index contributed by atoms with van der Waals surface area (Å²) in [5.74, 6) is 0.553. The molecule has 1 heterocycles. The maximum absolute atomic E-state index is 5.98. The molecule has 3 heteroatoms. The smallest absolute Gasteiger partial charge is 0.0904 e. The van der Waals surface area contributed by atoms with Crippen molar-refractivity contribution in [3.8, 4) is 11.3 Å². The van der Waals surface area contributed by atoms with Crippen molar-refractivity contribution < 1.29 is 0 Å². The van der Waals surface area contributed by atoms with Crippen molar-refractivity contribution in [1.29, 1.82) is 0 Å². The van der Waals surface area contributed by atoms with E-state index in [-0.39, 0.29) is 0 Å². The molecule has 0 atom stereocenters. The first-order valence-electron chi connectivity index (χ1n) is 5.92. The first-order chi connectivity index (χ1) is 8.28. The molecule has 0 bridgehead atoms. The van der Waals surface area contributed by atoms with Gasteiger partial charge in [-0.2, -0.15) is 0 Å². The summed E-state index contributed by atoms with van der Waals surface area (Å²) >= 11 is 7.68. The Balaban J connectivity index is 2.08. The second-order valence-corrected chi connectivity index (χ2v) is 6.03. The van der Waals surface area contributed by atoms with Crippen LogP contribution in [0.25, 0.3) is 11.3 Å². The van der Waals surface area contributed by atoms with Crippen LogP contribution in [0.15, 0.2) is 18.2 Å². The Morgan fingerprint density at radius 1 is 1.29 bits per heavy atom. The predicted molar refractivity (Wildman–Crippen MR) is 73.9 cm³/mol. The molecule has 3 rings (SSSR count). The second-order valence-electron chi connectivity index (χ2n) is 4.48. The lowest BCUT2D eigenvalue weighted by atomic mass is 10.0. The van der Waals surface area contributed by atoms with Gasteiger partial charge in [0, 0.05) is 10.4 Å². The molecule has 0 amide bonds. The van der Waals surface area contributed by atoms with Gasteiger partial charge in [-0.1, -0.05) is 12.1 Å². The molecule has 1 aliphatic carbocycles. The summed E-state index contributed by atoms with van der Waals surface area (Å²) in [6, 6.07) is 6.74. The third-order valence-corrected chi connectivity index (χ3v) is 4.69. The largest absolute Gasteiger partial charge is 0.241 e. The van der Waals surface area contributed by atoms with E-state index in [2.05, 4.69) is 23.2 Å². The van der Waals surface area contributed by atoms with E-state index in [9.17, 15) is 0 Å². The number of alkyl halides is 1. The molecule has 1 aromatic heterocycles. The molecule has 0 N–H and O–H groups in total. The lowest BCUT2D eigenvalue weighted by Crippen LogP contribution is -1.87. The fourth-order valence-corrected chi connectivity index (χ4v) is 3.60. The van der Waals surface area contributed by atoms with Gasteiger partial charge >= 0.3 is 0 Å². The van der Waals surface area contributed by atoms with E-state index >= 15 is 0 Å². The zero-order chi connectivity index (χ0) is 11.8. The topological polar surface area (TPSA) is 12.9 Å². The normalized spacial score (nSPS) is 14.0. The van der Waals surface area contributed by atoms with Crippen LogP contribution in [0.4, 0.5) is 0 Å². The van der Waals surface area contributed by atoms with Crippen molar-refractivity contribution >= 4 is 22.9 Å². The van der Waals surface area contributed by atoms with Gasteiger partial charge in [-0.3, -0.25) is 0 Å². The number of thiazole rings is 1. The van der Waals surface area contributed by atoms with Gasteiger partial charge in [0.15, 0.2) is 0 Å². The summed E-state index contributed by atoms with van der Waals surface area (Å²) in [6.45, 7) is 2.04. The van der Waals surface area contributed by atoms with Gasteiger partial charge in [0.25, 0.3) is 0 Å². The van der Waals surface area contributed by atoms with E-state index in [1.54, 1.807) is 11.3 Å². The van der Waals surface area contributed by atoms with Crippen molar-refractivity contribution in [3.05, 3.63) is 39.2 Å². The highest BCUT2D eigenvalue weighted by atomic mass is 35.5. The van der Waals surface area contributed by atoms with Crippen LogP contribution in [0.1, 0.15) is 27.4 Å². The summed E-state index contributed by atoms with van der Waals surface area (Å²) in [6.07, 6.45) is 3.73. The number of rotatable bonds is 2. The molecule has 17 heavy (non-hydrogen) atoms. The van der Waals surface area contributed by atoms with Crippen molar-refractivity contribution in [2.45, 2.75) is 32.1 Å². The molecule has 0 saturated heterocycles. The first kappa shape index (κ1) is 11.2. The minimum atomic E-state index is 0.553. The molecule has 1 aromatic carbocycles. The molecule has 1 aliphatic rings. The highest BCUT2D eigenvalue weighted by Gasteiger charge is 2.15. The number of benzene rings is 1. The van der Waals surface area contributed by atoms with Crippen LogP contribution in [0.5, 0.6) is 0 Å². The maximum Gasteiger partial charge on any atom is 0.0904 e. The van der Waals surface area contributed by atoms with E-state index in [0.717, 1.165) is 10.7 Å². The minimum Gasteiger partial charge on any atom is -0.241 e. The van der Waals surface area contributed by atoms with Gasteiger partial charge in [-0.25, -0.2) is 4.98 Å². The van der Waals surface area contributed by atoms with Crippen molar-refractivity contribution in [1.82, 2.24) is 4.98 Å². The number of fused-ring (bicyclic) bond motifs is 1. The molecule has 0 radical (unpaired) electrons. The van der Waals surface area contributed by atoms with E-state index in [1.165, 1.54) is 40.8 Å². The number of hydrogen-bond acceptors (Lipinski definition) is 2. The zero-order valence-corrected chi connectivity index (χ0v) is 11.4. The van der Waals surface area contributed by atoms with Gasteiger partial charge in [0.2, 0.25) is 0 Å². The van der Waals surface area contributed by atoms with Crippen molar-refractivity contribution in [2.24, 2.45) is 0 Å². The van der Waals surface area contributed by atoms with Gasteiger partial charge in [0.1, 0.15) is 0 Å². The fraction of sp³-hybridized carbons (Fsp3) is 0.357. The van der Waals surface area contributed by atoms with E-state index in [0.29, 0.717) is 5.88 Å². The molecule has 0 aliphatic heterocycles. The van der Waals surface area contributed by atoms with Gasteiger partial charge in [-0.05, 0) is 43.4 Å². The quantitative estimate of drug-likeness (QED) is 0.735. The Labute approximate surface area is 110 Å². The van der Waals surface area contributed by atoms with Crippen molar-refractivity contribution in [2.75, 3.05) is 0 Å². The molecule has 88 valence electrons. The maximum atomic E-state index is 5.98. The predicted octanol–water partition coefficient (Wildman–Crippen LogP) is 4.35. The van der Waals surface area contributed by atoms with Gasteiger partial charge in [0.05, 0.1) is 16.6 Å². The van der Waals surface area contributed by atoms with Crippen molar-refractivity contribution in [3.63, 3.8) is 0 Å². The molecule has 0 unspecified atom stereocenters. The standard InChI is InChI=1S/C14H14ClNS/c1-9-16-14(13(8-15)17-9)12-6-5-10-3-2-4-11(10)7-12/h5-7H,2-4,8H2,1H3. The second kappa shape index (κ2) is 4.43. The summed E-state index contributed by atoms with van der Waals surface area (Å²) in [5.41, 5.74) is 5.31. The summed E-state index contributed by atoms with van der Waals surface area (Å²) in [4.78, 5) is 5.79.